The van der Waals surface area contributed by atoms with E-state index in [1.807, 2.05) is 13.0 Å². The molecular formula is C13H17N3O2. The molecule has 0 atom stereocenters. The van der Waals surface area contributed by atoms with Crippen LogP contribution < -0.4 is 5.32 Å². The number of amides is 1. The number of imidazole rings is 1. The summed E-state index contributed by atoms with van der Waals surface area (Å²) < 4.78 is 0. The second-order valence-electron chi connectivity index (χ2n) is 4.10. The third-order valence-corrected chi connectivity index (χ3v) is 2.70. The topological polar surface area (TPSA) is 78.0 Å². The SMILES string of the molecule is CCNC(=O)c1ccc2nc(CCCO)[nH]c2c1. The van der Waals surface area contributed by atoms with Gasteiger partial charge < -0.3 is 15.4 Å². The molecule has 3 N–H and O–H groups in total. The first-order chi connectivity index (χ1) is 8.74. The molecule has 1 amide bonds. The second-order valence-corrected chi connectivity index (χ2v) is 4.10. The molecule has 2 aromatic rings. The lowest BCUT2D eigenvalue weighted by Gasteiger charge is -2.01. The van der Waals surface area contributed by atoms with Crippen molar-refractivity contribution in [1.82, 2.24) is 15.3 Å². The van der Waals surface area contributed by atoms with Crippen molar-refractivity contribution in [2.45, 2.75) is 19.8 Å². The van der Waals surface area contributed by atoms with Gasteiger partial charge in [-0.05, 0) is 31.5 Å². The Morgan fingerprint density at radius 3 is 3.06 bits per heavy atom. The average Bonchev–Trinajstić information content (AvgIpc) is 2.78. The van der Waals surface area contributed by atoms with Gasteiger partial charge in [0.1, 0.15) is 5.82 Å². The zero-order chi connectivity index (χ0) is 13.0. The van der Waals surface area contributed by atoms with E-state index >= 15 is 0 Å². The minimum absolute atomic E-state index is 0.0779. The maximum atomic E-state index is 11.7. The molecule has 96 valence electrons. The molecule has 0 saturated heterocycles. The number of carbonyl (C=O) groups excluding carboxylic acids is 1. The highest BCUT2D eigenvalue weighted by molar-refractivity contribution is 5.97. The Balaban J connectivity index is 2.25. The molecule has 0 saturated carbocycles. The van der Waals surface area contributed by atoms with Gasteiger partial charge in [0.2, 0.25) is 0 Å². The fourth-order valence-corrected chi connectivity index (χ4v) is 1.83. The molecule has 0 unspecified atom stereocenters. The molecule has 0 aliphatic rings. The van der Waals surface area contributed by atoms with Crippen molar-refractivity contribution in [3.8, 4) is 0 Å². The third kappa shape index (κ3) is 2.68. The molecule has 18 heavy (non-hydrogen) atoms. The normalized spacial score (nSPS) is 10.8. The summed E-state index contributed by atoms with van der Waals surface area (Å²) in [5.41, 5.74) is 2.32. The van der Waals surface area contributed by atoms with Crippen molar-refractivity contribution in [3.63, 3.8) is 0 Å². The Bertz CT molecular complexity index is 548. The van der Waals surface area contributed by atoms with Crippen LogP contribution in [0.1, 0.15) is 29.5 Å². The van der Waals surface area contributed by atoms with Crippen LogP contribution in [0.5, 0.6) is 0 Å². The summed E-state index contributed by atoms with van der Waals surface area (Å²) in [5, 5.41) is 11.5. The summed E-state index contributed by atoms with van der Waals surface area (Å²) in [5.74, 6) is 0.762. The van der Waals surface area contributed by atoms with Gasteiger partial charge in [0.25, 0.3) is 5.91 Å². The van der Waals surface area contributed by atoms with Crippen LogP contribution in [0.4, 0.5) is 0 Å². The van der Waals surface area contributed by atoms with Crippen LogP contribution in [0.2, 0.25) is 0 Å². The number of rotatable bonds is 5. The Kier molecular flexibility index (Phi) is 3.94. The fraction of sp³-hybridized carbons (Fsp3) is 0.385. The molecule has 0 aliphatic carbocycles. The quantitative estimate of drug-likeness (QED) is 0.743. The summed E-state index contributed by atoms with van der Waals surface area (Å²) in [4.78, 5) is 19.3. The molecular weight excluding hydrogens is 230 g/mol. The zero-order valence-electron chi connectivity index (χ0n) is 10.4. The minimum Gasteiger partial charge on any atom is -0.396 e. The van der Waals surface area contributed by atoms with Gasteiger partial charge >= 0.3 is 0 Å². The van der Waals surface area contributed by atoms with Crippen molar-refractivity contribution in [1.29, 1.82) is 0 Å². The molecule has 0 radical (unpaired) electrons. The van der Waals surface area contributed by atoms with E-state index in [1.54, 1.807) is 12.1 Å². The van der Waals surface area contributed by atoms with Gasteiger partial charge in [-0.1, -0.05) is 0 Å². The number of nitrogens with one attached hydrogen (secondary N) is 2. The Labute approximate surface area is 105 Å². The first-order valence-electron chi connectivity index (χ1n) is 6.12. The van der Waals surface area contributed by atoms with Gasteiger partial charge in [-0.3, -0.25) is 4.79 Å². The number of hydrogen-bond acceptors (Lipinski definition) is 3. The number of aromatic nitrogens is 2. The van der Waals surface area contributed by atoms with E-state index in [9.17, 15) is 4.79 Å². The highest BCUT2D eigenvalue weighted by atomic mass is 16.2. The Morgan fingerprint density at radius 2 is 2.33 bits per heavy atom. The molecule has 0 fully saturated rings. The molecule has 0 spiro atoms. The minimum atomic E-state index is -0.0779. The number of hydrogen-bond donors (Lipinski definition) is 3. The number of benzene rings is 1. The maximum absolute atomic E-state index is 11.7. The number of carbonyl (C=O) groups is 1. The largest absolute Gasteiger partial charge is 0.396 e. The second kappa shape index (κ2) is 5.64. The molecule has 2 rings (SSSR count). The number of aliphatic hydroxyl groups is 1. The molecule has 5 nitrogen and oxygen atoms in total. The predicted molar refractivity (Wildman–Crippen MR) is 69.5 cm³/mol. The van der Waals surface area contributed by atoms with Crippen molar-refractivity contribution in [2.24, 2.45) is 0 Å². The van der Waals surface area contributed by atoms with Gasteiger partial charge in [-0.25, -0.2) is 4.98 Å². The number of fused-ring (bicyclic) bond motifs is 1. The zero-order valence-corrected chi connectivity index (χ0v) is 10.4. The van der Waals surface area contributed by atoms with Crippen LogP contribution >= 0.6 is 0 Å². The lowest BCUT2D eigenvalue weighted by atomic mass is 10.2. The van der Waals surface area contributed by atoms with Crippen molar-refractivity contribution >= 4 is 16.9 Å². The summed E-state index contributed by atoms with van der Waals surface area (Å²) in [6.07, 6.45) is 1.39. The van der Waals surface area contributed by atoms with Crippen LogP contribution in [0.3, 0.4) is 0 Å². The lowest BCUT2D eigenvalue weighted by Crippen LogP contribution is -2.22. The smallest absolute Gasteiger partial charge is 0.251 e. The molecule has 1 aromatic carbocycles. The predicted octanol–water partition coefficient (Wildman–Crippen LogP) is 1.24. The van der Waals surface area contributed by atoms with Crippen LogP contribution in [-0.2, 0) is 6.42 Å². The van der Waals surface area contributed by atoms with Crippen LogP contribution in [0.15, 0.2) is 18.2 Å². The van der Waals surface area contributed by atoms with Gasteiger partial charge in [-0.2, -0.15) is 0 Å². The molecule has 5 heteroatoms. The van der Waals surface area contributed by atoms with Crippen LogP contribution in [-0.4, -0.2) is 34.1 Å². The Hall–Kier alpha value is -1.88. The monoisotopic (exact) mass is 247 g/mol. The van der Waals surface area contributed by atoms with E-state index in [-0.39, 0.29) is 12.5 Å². The van der Waals surface area contributed by atoms with Crippen molar-refractivity contribution in [3.05, 3.63) is 29.6 Å². The number of H-pyrrole nitrogens is 1. The van der Waals surface area contributed by atoms with E-state index < -0.39 is 0 Å². The van der Waals surface area contributed by atoms with Gasteiger partial charge in [0, 0.05) is 25.1 Å². The highest BCUT2D eigenvalue weighted by Crippen LogP contribution is 2.14. The number of aryl methyl sites for hydroxylation is 1. The first-order valence-corrected chi connectivity index (χ1v) is 6.12. The standard InChI is InChI=1S/C13H17N3O2/c1-2-14-13(18)9-5-6-10-11(8-9)16-12(15-10)4-3-7-17/h5-6,8,17H,2-4,7H2,1H3,(H,14,18)(H,15,16). The van der Waals surface area contributed by atoms with E-state index in [0.717, 1.165) is 16.9 Å². The molecule has 1 heterocycles. The number of aliphatic hydroxyl groups excluding tert-OH is 1. The lowest BCUT2D eigenvalue weighted by molar-refractivity contribution is 0.0956. The van der Waals surface area contributed by atoms with E-state index in [2.05, 4.69) is 15.3 Å². The third-order valence-electron chi connectivity index (χ3n) is 2.70. The Morgan fingerprint density at radius 1 is 1.50 bits per heavy atom. The molecule has 0 aliphatic heterocycles. The van der Waals surface area contributed by atoms with Gasteiger partial charge in [0.15, 0.2) is 0 Å². The molecule has 0 bridgehead atoms. The van der Waals surface area contributed by atoms with Crippen molar-refractivity contribution < 1.29 is 9.90 Å². The van der Waals surface area contributed by atoms with E-state index in [4.69, 9.17) is 5.11 Å². The fourth-order valence-electron chi connectivity index (χ4n) is 1.83. The highest BCUT2D eigenvalue weighted by Gasteiger charge is 2.07. The van der Waals surface area contributed by atoms with Gasteiger partial charge in [-0.15, -0.1) is 0 Å². The maximum Gasteiger partial charge on any atom is 0.251 e. The summed E-state index contributed by atoms with van der Waals surface area (Å²) in [6, 6.07) is 5.40. The van der Waals surface area contributed by atoms with E-state index in [1.165, 1.54) is 0 Å². The number of aromatic amines is 1. The first kappa shape index (κ1) is 12.6. The van der Waals surface area contributed by atoms with Crippen LogP contribution in [0.25, 0.3) is 11.0 Å². The van der Waals surface area contributed by atoms with Crippen LogP contribution in [0, 0.1) is 0 Å². The van der Waals surface area contributed by atoms with Crippen molar-refractivity contribution in [2.75, 3.05) is 13.2 Å². The number of nitrogens with zero attached hydrogens (tertiary/aromatic N) is 1. The van der Waals surface area contributed by atoms with E-state index in [0.29, 0.717) is 24.9 Å². The summed E-state index contributed by atoms with van der Waals surface area (Å²) >= 11 is 0. The van der Waals surface area contributed by atoms with Gasteiger partial charge in [0.05, 0.1) is 11.0 Å². The molecule has 1 aromatic heterocycles. The summed E-state index contributed by atoms with van der Waals surface area (Å²) in [6.45, 7) is 2.66. The summed E-state index contributed by atoms with van der Waals surface area (Å²) in [7, 11) is 0. The average molecular weight is 247 g/mol.